The number of pyridine rings is 1. The molecule has 0 radical (unpaired) electrons. The number of fused-ring (bicyclic) bond motifs is 1. The largest absolute Gasteiger partial charge is 0.481 e. The number of aromatic nitrogens is 2. The Kier molecular flexibility index (Phi) is 12.4. The van der Waals surface area contributed by atoms with Crippen LogP contribution in [0, 0.1) is 25.5 Å². The average Bonchev–Trinajstić information content (AvgIpc) is 3.30. The van der Waals surface area contributed by atoms with E-state index < -0.39 is 11.6 Å². The molecular formula is C40H51F2N3O4. The highest BCUT2D eigenvalue weighted by molar-refractivity contribution is 5.99. The smallest absolute Gasteiger partial charge is 0.307 e. The lowest BCUT2D eigenvalue weighted by molar-refractivity contribution is -0.136. The number of carbonyl (C=O) groups excluding carboxylic acids is 1. The number of carboxylic acids is 1. The first-order valence-corrected chi connectivity index (χ1v) is 17.3. The Hall–Kier alpha value is -4.11. The molecule has 0 atom stereocenters. The predicted molar refractivity (Wildman–Crippen MR) is 191 cm³/mol. The predicted octanol–water partition coefficient (Wildman–Crippen LogP) is 8.40. The van der Waals surface area contributed by atoms with Gasteiger partial charge < -0.3 is 20.1 Å². The van der Waals surface area contributed by atoms with Crippen LogP contribution in [0.5, 0.6) is 0 Å². The van der Waals surface area contributed by atoms with Gasteiger partial charge in [-0.25, -0.2) is 13.8 Å². The van der Waals surface area contributed by atoms with Gasteiger partial charge in [0.2, 0.25) is 5.91 Å². The van der Waals surface area contributed by atoms with Crippen molar-refractivity contribution < 1.29 is 28.6 Å². The summed E-state index contributed by atoms with van der Waals surface area (Å²) in [5.74, 6) is -1.40. The van der Waals surface area contributed by atoms with Gasteiger partial charge in [-0.1, -0.05) is 31.9 Å². The number of hydrogen-bond acceptors (Lipinski definition) is 4. The Morgan fingerprint density at radius 1 is 1.04 bits per heavy atom. The van der Waals surface area contributed by atoms with E-state index in [0.717, 1.165) is 77.4 Å². The quantitative estimate of drug-likeness (QED) is 0.140. The van der Waals surface area contributed by atoms with Gasteiger partial charge in [0.1, 0.15) is 17.3 Å². The Bertz CT molecular complexity index is 1800. The highest BCUT2D eigenvalue weighted by Gasteiger charge is 2.29. The summed E-state index contributed by atoms with van der Waals surface area (Å²) in [6, 6.07) is 9.60. The molecule has 0 bridgehead atoms. The Balaban J connectivity index is 0.00000101. The molecular weight excluding hydrogens is 624 g/mol. The number of halogens is 2. The lowest BCUT2D eigenvalue weighted by atomic mass is 9.75. The van der Waals surface area contributed by atoms with Crippen molar-refractivity contribution in [3.8, 4) is 11.1 Å². The van der Waals surface area contributed by atoms with E-state index in [0.29, 0.717) is 35.4 Å². The number of benzene rings is 2. The zero-order valence-corrected chi connectivity index (χ0v) is 30.0. The van der Waals surface area contributed by atoms with Crippen LogP contribution in [0.25, 0.3) is 22.2 Å². The molecule has 5 rings (SSSR count). The number of aliphatic carboxylic acids is 1. The molecule has 1 saturated carbocycles. The van der Waals surface area contributed by atoms with Crippen LogP contribution in [0.1, 0.15) is 111 Å². The number of aryl methyl sites for hydroxylation is 3. The molecule has 1 aliphatic rings. The number of unbranched alkanes of at least 4 members (excludes halogenated alkanes) is 1. The van der Waals surface area contributed by atoms with Gasteiger partial charge in [0.15, 0.2) is 0 Å². The van der Waals surface area contributed by atoms with Gasteiger partial charge in [-0.15, -0.1) is 0 Å². The summed E-state index contributed by atoms with van der Waals surface area (Å²) in [5, 5.41) is 22.0. The molecule has 264 valence electrons. The van der Waals surface area contributed by atoms with Crippen LogP contribution < -0.4 is 5.32 Å². The first-order chi connectivity index (χ1) is 23.1. The van der Waals surface area contributed by atoms with Crippen molar-refractivity contribution in [1.82, 2.24) is 14.9 Å². The van der Waals surface area contributed by atoms with Crippen LogP contribution in [-0.2, 0) is 42.4 Å². The molecule has 3 N–H and O–H groups in total. The van der Waals surface area contributed by atoms with Crippen molar-refractivity contribution in [2.75, 3.05) is 0 Å². The summed E-state index contributed by atoms with van der Waals surface area (Å²) in [5.41, 5.74) is 7.37. The maximum Gasteiger partial charge on any atom is 0.307 e. The second-order valence-electron chi connectivity index (χ2n) is 14.3. The standard InChI is InChI=1S/C36H41F2N3O3.C4H10O/c1-5-6-10-27-21(2)28(18-31(38)34(27)24-8-7-9-24)35-29(19-33(43)44)22(3)40-36-30(35)17-26(41(36)4)15-16-32(42)39-20-23-11-13-25(37)14-12-23;1-4(2,3)5/h11-14,17-18,24H,5-10,15-16,19-20H2,1-4H3,(H,39,42)(H,43,44);5H,1-3H3. The summed E-state index contributed by atoms with van der Waals surface area (Å²) < 4.78 is 31.2. The summed E-state index contributed by atoms with van der Waals surface area (Å²) in [7, 11) is 1.89. The third-order valence-electron chi connectivity index (χ3n) is 9.19. The molecule has 0 unspecified atom stereocenters. The van der Waals surface area contributed by atoms with Crippen molar-refractivity contribution in [1.29, 1.82) is 0 Å². The third kappa shape index (κ3) is 9.53. The Morgan fingerprint density at radius 3 is 2.27 bits per heavy atom. The molecule has 2 aromatic heterocycles. The van der Waals surface area contributed by atoms with E-state index >= 15 is 4.39 Å². The lowest BCUT2D eigenvalue weighted by Crippen LogP contribution is -2.23. The third-order valence-corrected chi connectivity index (χ3v) is 9.19. The van der Waals surface area contributed by atoms with Crippen LogP contribution in [0.3, 0.4) is 0 Å². The number of nitrogens with one attached hydrogen (secondary N) is 1. The fraction of sp³-hybridized carbons (Fsp3) is 0.475. The second kappa shape index (κ2) is 16.1. The molecule has 0 aliphatic heterocycles. The Morgan fingerprint density at radius 2 is 1.69 bits per heavy atom. The van der Waals surface area contributed by atoms with Crippen molar-refractivity contribution in [2.24, 2.45) is 7.05 Å². The minimum Gasteiger partial charge on any atom is -0.481 e. The zero-order chi connectivity index (χ0) is 36.0. The lowest BCUT2D eigenvalue weighted by Gasteiger charge is -2.30. The van der Waals surface area contributed by atoms with Crippen LogP contribution in [-0.4, -0.2) is 37.2 Å². The maximum absolute atomic E-state index is 16.1. The summed E-state index contributed by atoms with van der Waals surface area (Å²) in [6.07, 6.45) is 6.28. The van der Waals surface area contributed by atoms with E-state index in [2.05, 4.69) is 12.2 Å². The first-order valence-electron chi connectivity index (χ1n) is 17.3. The minimum absolute atomic E-state index is 0.138. The van der Waals surface area contributed by atoms with Gasteiger partial charge in [-0.2, -0.15) is 0 Å². The number of rotatable bonds is 12. The highest BCUT2D eigenvalue weighted by Crippen LogP contribution is 2.45. The fourth-order valence-electron chi connectivity index (χ4n) is 6.48. The molecule has 0 spiro atoms. The molecule has 2 heterocycles. The minimum atomic E-state index is -0.972. The number of carboxylic acid groups (broad SMARTS) is 1. The zero-order valence-electron chi connectivity index (χ0n) is 30.0. The van der Waals surface area contributed by atoms with Crippen molar-refractivity contribution in [2.45, 2.75) is 117 Å². The molecule has 9 heteroatoms. The SMILES string of the molecule is CC(C)(C)O.CCCCc1c(C)c(-c2c(CC(=O)O)c(C)nc3c2cc(CCC(=O)NCc2ccc(F)cc2)n3C)cc(F)c1C1CCC1. The summed E-state index contributed by atoms with van der Waals surface area (Å²) in [6.45, 7) is 11.5. The number of carbonyl (C=O) groups is 2. The van der Waals surface area contributed by atoms with Gasteiger partial charge in [0.05, 0.1) is 12.0 Å². The van der Waals surface area contributed by atoms with Gasteiger partial charge in [-0.05, 0) is 136 Å². The van der Waals surface area contributed by atoms with E-state index in [4.69, 9.17) is 10.1 Å². The van der Waals surface area contributed by atoms with Crippen LogP contribution >= 0.6 is 0 Å². The summed E-state index contributed by atoms with van der Waals surface area (Å²) >= 11 is 0. The highest BCUT2D eigenvalue weighted by atomic mass is 19.1. The Labute approximate surface area is 288 Å². The molecule has 1 fully saturated rings. The molecule has 0 saturated heterocycles. The number of amides is 1. The number of hydrogen-bond donors (Lipinski definition) is 3. The summed E-state index contributed by atoms with van der Waals surface area (Å²) in [4.78, 5) is 29.6. The van der Waals surface area contributed by atoms with Crippen LogP contribution in [0.15, 0.2) is 36.4 Å². The van der Waals surface area contributed by atoms with Gasteiger partial charge >= 0.3 is 5.97 Å². The van der Waals surface area contributed by atoms with E-state index in [1.165, 1.54) is 12.1 Å². The monoisotopic (exact) mass is 675 g/mol. The van der Waals surface area contributed by atoms with Crippen molar-refractivity contribution >= 4 is 22.9 Å². The molecule has 1 aliphatic carbocycles. The van der Waals surface area contributed by atoms with Crippen molar-refractivity contribution in [3.63, 3.8) is 0 Å². The van der Waals surface area contributed by atoms with Gasteiger partial charge in [-0.3, -0.25) is 9.59 Å². The van der Waals surface area contributed by atoms with Crippen LogP contribution in [0.4, 0.5) is 8.78 Å². The number of aliphatic hydroxyl groups is 1. The van der Waals surface area contributed by atoms with E-state index in [1.54, 1.807) is 39.0 Å². The molecule has 49 heavy (non-hydrogen) atoms. The van der Waals surface area contributed by atoms with Gasteiger partial charge in [0.25, 0.3) is 0 Å². The van der Waals surface area contributed by atoms with E-state index in [1.807, 2.05) is 31.5 Å². The van der Waals surface area contributed by atoms with E-state index in [9.17, 15) is 19.1 Å². The topological polar surface area (TPSA) is 104 Å². The normalized spacial score (nSPS) is 13.2. The second-order valence-corrected chi connectivity index (χ2v) is 14.3. The molecule has 2 aromatic carbocycles. The van der Waals surface area contributed by atoms with E-state index in [-0.39, 0.29) is 36.3 Å². The molecule has 4 aromatic rings. The van der Waals surface area contributed by atoms with Gasteiger partial charge in [0, 0.05) is 36.8 Å². The molecule has 7 nitrogen and oxygen atoms in total. The van der Waals surface area contributed by atoms with Crippen LogP contribution in [0.2, 0.25) is 0 Å². The maximum atomic E-state index is 16.1. The first kappa shape index (κ1) is 37.7. The van der Waals surface area contributed by atoms with Crippen molar-refractivity contribution in [3.05, 3.63) is 87.2 Å². The molecule has 1 amide bonds. The number of nitrogens with zero attached hydrogens (tertiary/aromatic N) is 2. The fourth-order valence-corrected chi connectivity index (χ4v) is 6.48. The average molecular weight is 676 g/mol.